The molecule has 1 aliphatic carbocycles. The van der Waals surface area contributed by atoms with Gasteiger partial charge < -0.3 is 20.2 Å². The van der Waals surface area contributed by atoms with E-state index in [9.17, 15) is 9.90 Å². The van der Waals surface area contributed by atoms with Gasteiger partial charge in [-0.25, -0.2) is 4.79 Å². The Morgan fingerprint density at radius 1 is 1.19 bits per heavy atom. The number of aliphatic hydroxyl groups excluding tert-OH is 1. The Balaban J connectivity index is 1.57. The minimum atomic E-state index is -0.471. The molecule has 2 N–H and O–H groups in total. The molecular weight excluding hydrogens is 326 g/mol. The number of amides is 2. The van der Waals surface area contributed by atoms with Crippen LogP contribution in [0.15, 0.2) is 24.3 Å². The second-order valence-electron chi connectivity index (χ2n) is 8.70. The summed E-state index contributed by atoms with van der Waals surface area (Å²) in [4.78, 5) is 16.6. The first-order valence-corrected chi connectivity index (χ1v) is 9.79. The lowest BCUT2D eigenvalue weighted by Gasteiger charge is -2.35. The summed E-state index contributed by atoms with van der Waals surface area (Å²) in [6.45, 7) is 6.35. The van der Waals surface area contributed by atoms with Gasteiger partial charge in [0.05, 0.1) is 6.10 Å². The Morgan fingerprint density at radius 2 is 1.77 bits per heavy atom. The van der Waals surface area contributed by atoms with Gasteiger partial charge in [-0.1, -0.05) is 26.0 Å². The molecule has 1 unspecified atom stereocenters. The summed E-state index contributed by atoms with van der Waals surface area (Å²) in [6.07, 6.45) is 3.98. The number of nitrogens with one attached hydrogen (secondary N) is 1. The Hall–Kier alpha value is -1.59. The number of aliphatic hydroxyl groups is 1. The fraction of sp³-hybridized carbons (Fsp3) is 0.667. The zero-order chi connectivity index (χ0) is 18.9. The highest BCUT2D eigenvalue weighted by atomic mass is 16.3. The molecule has 1 atom stereocenters. The molecular formula is C21H33N3O2. The third kappa shape index (κ3) is 4.21. The van der Waals surface area contributed by atoms with E-state index in [2.05, 4.69) is 31.1 Å². The molecule has 0 bridgehead atoms. The third-order valence-corrected chi connectivity index (χ3v) is 6.37. The second-order valence-corrected chi connectivity index (χ2v) is 8.70. The van der Waals surface area contributed by atoms with Crippen molar-refractivity contribution in [1.29, 1.82) is 0 Å². The molecule has 2 amide bonds. The predicted octanol–water partition coefficient (Wildman–Crippen LogP) is 3.71. The number of carbonyl (C=O) groups excluding carboxylic acids is 1. The quantitative estimate of drug-likeness (QED) is 0.842. The first-order valence-electron chi connectivity index (χ1n) is 9.79. The fourth-order valence-corrected chi connectivity index (χ4v) is 3.99. The summed E-state index contributed by atoms with van der Waals surface area (Å²) in [5, 5.41) is 13.7. The van der Waals surface area contributed by atoms with Crippen LogP contribution in [0.4, 0.5) is 10.5 Å². The number of carbonyl (C=O) groups is 1. The highest BCUT2D eigenvalue weighted by Crippen LogP contribution is 2.51. The van der Waals surface area contributed by atoms with Crippen LogP contribution in [0.1, 0.15) is 51.2 Å². The lowest BCUT2D eigenvalue weighted by molar-refractivity contribution is 0.0330. The summed E-state index contributed by atoms with van der Waals surface area (Å²) >= 11 is 0. The van der Waals surface area contributed by atoms with Gasteiger partial charge in [0.25, 0.3) is 0 Å². The third-order valence-electron chi connectivity index (χ3n) is 6.37. The van der Waals surface area contributed by atoms with Crippen molar-refractivity contribution in [2.75, 3.05) is 32.5 Å². The van der Waals surface area contributed by atoms with Crippen molar-refractivity contribution in [3.05, 3.63) is 29.8 Å². The molecule has 2 fully saturated rings. The van der Waals surface area contributed by atoms with Gasteiger partial charge in [-0.3, -0.25) is 0 Å². The van der Waals surface area contributed by atoms with E-state index in [0.717, 1.165) is 37.2 Å². The Bertz CT molecular complexity index is 617. The van der Waals surface area contributed by atoms with Crippen LogP contribution in [0.3, 0.4) is 0 Å². The maximum Gasteiger partial charge on any atom is 0.321 e. The summed E-state index contributed by atoms with van der Waals surface area (Å²) in [5.74, 6) is 0.611. The largest absolute Gasteiger partial charge is 0.388 e. The van der Waals surface area contributed by atoms with Crippen LogP contribution < -0.4 is 5.32 Å². The maximum atomic E-state index is 12.5. The molecule has 144 valence electrons. The standard InChI is InChI=1S/C21H33N3O2/c1-21(2,16-7-8-16)19(25)15-5-9-17(10-6-15)22-20(26)24(4)18-11-13-23(3)14-12-18/h5-6,9-10,16,18-19,25H,7-8,11-14H2,1-4H3,(H,22,26). The Kier molecular flexibility index (Phi) is 5.58. The summed E-state index contributed by atoms with van der Waals surface area (Å²) in [5.41, 5.74) is 1.59. The van der Waals surface area contributed by atoms with Crippen molar-refractivity contribution in [1.82, 2.24) is 9.80 Å². The van der Waals surface area contributed by atoms with Gasteiger partial charge in [0.15, 0.2) is 0 Å². The molecule has 3 rings (SSSR count). The summed E-state index contributed by atoms with van der Waals surface area (Å²) in [6, 6.07) is 7.88. The number of anilines is 1. The maximum absolute atomic E-state index is 12.5. The highest BCUT2D eigenvalue weighted by molar-refractivity contribution is 5.89. The van der Waals surface area contributed by atoms with Gasteiger partial charge in [-0.2, -0.15) is 0 Å². The number of benzene rings is 1. The van der Waals surface area contributed by atoms with Crippen molar-refractivity contribution in [3.63, 3.8) is 0 Å². The van der Waals surface area contributed by atoms with Crippen molar-refractivity contribution in [2.45, 2.75) is 51.7 Å². The number of piperidine rings is 1. The molecule has 1 heterocycles. The van der Waals surface area contributed by atoms with Crippen LogP contribution in [0.2, 0.25) is 0 Å². The molecule has 1 aliphatic heterocycles. The van der Waals surface area contributed by atoms with Crippen LogP contribution in [0.5, 0.6) is 0 Å². The SMILES string of the molecule is CN1CCC(N(C)C(=O)Nc2ccc(C(O)C(C)(C)C3CC3)cc2)CC1. The fourth-order valence-electron chi connectivity index (χ4n) is 3.99. The van der Waals surface area contributed by atoms with E-state index in [1.807, 2.05) is 36.2 Å². The molecule has 0 radical (unpaired) electrons. The second kappa shape index (κ2) is 7.57. The lowest BCUT2D eigenvalue weighted by atomic mass is 9.78. The van der Waals surface area contributed by atoms with Crippen molar-refractivity contribution < 1.29 is 9.90 Å². The van der Waals surface area contributed by atoms with Crippen LogP contribution in [-0.2, 0) is 0 Å². The molecule has 1 saturated carbocycles. The van der Waals surface area contributed by atoms with Crippen molar-refractivity contribution in [2.24, 2.45) is 11.3 Å². The number of nitrogens with zero attached hydrogens (tertiary/aromatic N) is 2. The van der Waals surface area contributed by atoms with Crippen LogP contribution in [0, 0.1) is 11.3 Å². The lowest BCUT2D eigenvalue weighted by Crippen LogP contribution is -2.46. The number of rotatable bonds is 5. The minimum Gasteiger partial charge on any atom is -0.388 e. The van der Waals surface area contributed by atoms with Gasteiger partial charge in [0, 0.05) is 18.8 Å². The number of hydrogen-bond acceptors (Lipinski definition) is 3. The first kappa shape index (κ1) is 19.2. The normalized spacial score (nSPS) is 20.7. The Morgan fingerprint density at radius 3 is 2.31 bits per heavy atom. The minimum absolute atomic E-state index is 0.0637. The summed E-state index contributed by atoms with van der Waals surface area (Å²) < 4.78 is 0. The van der Waals surface area contributed by atoms with E-state index in [4.69, 9.17) is 0 Å². The summed E-state index contributed by atoms with van der Waals surface area (Å²) in [7, 11) is 4.00. The highest BCUT2D eigenvalue weighted by Gasteiger charge is 2.43. The molecule has 1 saturated heterocycles. The number of hydrogen-bond donors (Lipinski definition) is 2. The van der Waals surface area contributed by atoms with Crippen LogP contribution in [-0.4, -0.2) is 54.2 Å². The van der Waals surface area contributed by atoms with Crippen molar-refractivity contribution >= 4 is 11.7 Å². The molecule has 0 aromatic heterocycles. The van der Waals surface area contributed by atoms with Gasteiger partial charge >= 0.3 is 6.03 Å². The number of urea groups is 1. The van der Waals surface area contributed by atoms with E-state index >= 15 is 0 Å². The topological polar surface area (TPSA) is 55.8 Å². The van der Waals surface area contributed by atoms with E-state index in [1.54, 1.807) is 0 Å². The molecule has 26 heavy (non-hydrogen) atoms. The molecule has 1 aromatic carbocycles. The smallest absolute Gasteiger partial charge is 0.321 e. The molecule has 0 spiro atoms. The monoisotopic (exact) mass is 359 g/mol. The first-order chi connectivity index (χ1) is 12.3. The van der Waals surface area contributed by atoms with Gasteiger partial charge in [-0.15, -0.1) is 0 Å². The molecule has 2 aliphatic rings. The zero-order valence-corrected chi connectivity index (χ0v) is 16.5. The van der Waals surface area contributed by atoms with Crippen molar-refractivity contribution in [3.8, 4) is 0 Å². The van der Waals surface area contributed by atoms with E-state index in [1.165, 1.54) is 12.8 Å². The van der Waals surface area contributed by atoms with Crippen LogP contribution >= 0.6 is 0 Å². The van der Waals surface area contributed by atoms with Crippen LogP contribution in [0.25, 0.3) is 0 Å². The van der Waals surface area contributed by atoms with E-state index in [-0.39, 0.29) is 11.4 Å². The van der Waals surface area contributed by atoms with E-state index in [0.29, 0.717) is 12.0 Å². The average molecular weight is 360 g/mol. The molecule has 5 nitrogen and oxygen atoms in total. The van der Waals surface area contributed by atoms with Gasteiger partial charge in [0.2, 0.25) is 0 Å². The van der Waals surface area contributed by atoms with Gasteiger partial charge in [0.1, 0.15) is 0 Å². The number of likely N-dealkylation sites (tertiary alicyclic amines) is 1. The zero-order valence-electron chi connectivity index (χ0n) is 16.5. The Labute approximate surface area is 157 Å². The van der Waals surface area contributed by atoms with E-state index < -0.39 is 6.10 Å². The predicted molar refractivity (Wildman–Crippen MR) is 105 cm³/mol. The van der Waals surface area contributed by atoms with Gasteiger partial charge in [-0.05, 0) is 74.8 Å². The average Bonchev–Trinajstić information content (AvgIpc) is 3.47. The molecule has 5 heteroatoms. The molecule has 1 aromatic rings.